The van der Waals surface area contributed by atoms with Crippen LogP contribution in [0.3, 0.4) is 0 Å². The Labute approximate surface area is 127 Å². The molecular formula is C18H28N2O. The van der Waals surface area contributed by atoms with Gasteiger partial charge >= 0.3 is 0 Å². The third kappa shape index (κ3) is 1.62. The minimum Gasteiger partial charge on any atom is -0.323 e. The Kier molecular flexibility index (Phi) is 2.37. The van der Waals surface area contributed by atoms with Crippen LogP contribution in [0.15, 0.2) is 0 Å². The minimum atomic E-state index is -0.143. The van der Waals surface area contributed by atoms with E-state index in [4.69, 9.17) is 0 Å². The van der Waals surface area contributed by atoms with E-state index >= 15 is 0 Å². The summed E-state index contributed by atoms with van der Waals surface area (Å²) in [6, 6.07) is 0.431. The van der Waals surface area contributed by atoms with Gasteiger partial charge in [0, 0.05) is 6.04 Å². The Balaban J connectivity index is 1.46. The van der Waals surface area contributed by atoms with E-state index in [1.807, 2.05) is 0 Å². The zero-order valence-corrected chi connectivity index (χ0v) is 13.4. The molecule has 5 aliphatic carbocycles. The molecule has 2 unspecified atom stereocenters. The van der Waals surface area contributed by atoms with Crippen molar-refractivity contribution in [1.29, 1.82) is 0 Å². The van der Waals surface area contributed by atoms with Crippen molar-refractivity contribution in [2.75, 3.05) is 0 Å². The molecule has 5 saturated carbocycles. The largest absolute Gasteiger partial charge is 0.323 e. The first kappa shape index (κ1) is 12.9. The summed E-state index contributed by atoms with van der Waals surface area (Å²) < 4.78 is 0. The van der Waals surface area contributed by atoms with E-state index in [0.29, 0.717) is 17.4 Å². The Bertz CT molecular complexity index is 460. The Hall–Kier alpha value is -0.570. The van der Waals surface area contributed by atoms with E-state index in [0.717, 1.165) is 30.6 Å². The molecule has 3 heteroatoms. The highest BCUT2D eigenvalue weighted by Gasteiger charge is 2.62. The lowest BCUT2D eigenvalue weighted by molar-refractivity contribution is -0.144. The molecule has 6 aliphatic rings. The Morgan fingerprint density at radius 2 is 1.62 bits per heavy atom. The van der Waals surface area contributed by atoms with Gasteiger partial charge in [0.25, 0.3) is 0 Å². The van der Waals surface area contributed by atoms with Crippen LogP contribution in [0, 0.1) is 23.2 Å². The van der Waals surface area contributed by atoms with Crippen molar-refractivity contribution in [3.8, 4) is 0 Å². The van der Waals surface area contributed by atoms with Gasteiger partial charge in [-0.25, -0.2) is 0 Å². The van der Waals surface area contributed by atoms with Gasteiger partial charge in [0.2, 0.25) is 5.91 Å². The molecule has 1 aliphatic heterocycles. The molecular weight excluding hydrogens is 260 g/mol. The molecule has 0 aromatic rings. The fourth-order valence-corrected chi connectivity index (χ4v) is 6.93. The molecule has 2 atom stereocenters. The number of hydrogen-bond donors (Lipinski definition) is 1. The van der Waals surface area contributed by atoms with E-state index < -0.39 is 0 Å². The Morgan fingerprint density at radius 3 is 2.05 bits per heavy atom. The second-order valence-corrected chi connectivity index (χ2v) is 9.07. The second kappa shape index (κ2) is 3.84. The molecule has 21 heavy (non-hydrogen) atoms. The molecule has 1 N–H and O–H groups in total. The first-order valence-corrected chi connectivity index (χ1v) is 9.12. The van der Waals surface area contributed by atoms with Crippen LogP contribution >= 0.6 is 0 Å². The van der Waals surface area contributed by atoms with Crippen molar-refractivity contribution >= 4 is 5.91 Å². The van der Waals surface area contributed by atoms with Gasteiger partial charge in [-0.2, -0.15) is 0 Å². The highest BCUT2D eigenvalue weighted by Crippen LogP contribution is 2.62. The summed E-state index contributed by atoms with van der Waals surface area (Å²) in [5.74, 6) is 3.32. The van der Waals surface area contributed by atoms with Crippen molar-refractivity contribution in [1.82, 2.24) is 10.2 Å². The molecule has 1 amide bonds. The van der Waals surface area contributed by atoms with Crippen molar-refractivity contribution < 1.29 is 4.79 Å². The highest BCUT2D eigenvalue weighted by molar-refractivity contribution is 5.92. The summed E-state index contributed by atoms with van der Waals surface area (Å²) in [4.78, 5) is 15.1. The second-order valence-electron chi connectivity index (χ2n) is 9.07. The van der Waals surface area contributed by atoms with Gasteiger partial charge in [-0.1, -0.05) is 0 Å². The molecule has 116 valence electrons. The molecule has 0 aromatic carbocycles. The smallest absolute Gasteiger partial charge is 0.244 e. The summed E-state index contributed by atoms with van der Waals surface area (Å²) >= 11 is 0. The quantitative estimate of drug-likeness (QED) is 0.847. The zero-order chi connectivity index (χ0) is 14.4. The first-order chi connectivity index (χ1) is 10.0. The van der Waals surface area contributed by atoms with Gasteiger partial charge in [0.15, 0.2) is 0 Å². The van der Waals surface area contributed by atoms with Crippen LogP contribution in [-0.2, 0) is 4.79 Å². The monoisotopic (exact) mass is 288 g/mol. The van der Waals surface area contributed by atoms with Crippen LogP contribution in [0.2, 0.25) is 0 Å². The van der Waals surface area contributed by atoms with Crippen molar-refractivity contribution in [2.24, 2.45) is 23.2 Å². The van der Waals surface area contributed by atoms with Crippen LogP contribution in [0.5, 0.6) is 0 Å². The Morgan fingerprint density at radius 1 is 1.10 bits per heavy atom. The fraction of sp³-hybridized carbons (Fsp3) is 0.944. The number of hydrogen-bond acceptors (Lipinski definition) is 2. The maximum atomic E-state index is 12.9. The van der Waals surface area contributed by atoms with Crippen LogP contribution in [0.4, 0.5) is 0 Å². The van der Waals surface area contributed by atoms with Gasteiger partial charge < -0.3 is 4.90 Å². The predicted molar refractivity (Wildman–Crippen MR) is 81.5 cm³/mol. The maximum Gasteiger partial charge on any atom is 0.244 e. The molecule has 0 radical (unpaired) electrons. The van der Waals surface area contributed by atoms with Crippen LogP contribution < -0.4 is 5.32 Å². The summed E-state index contributed by atoms with van der Waals surface area (Å²) in [7, 11) is 0. The molecule has 3 nitrogen and oxygen atoms in total. The van der Waals surface area contributed by atoms with Crippen molar-refractivity contribution in [3.05, 3.63) is 0 Å². The molecule has 1 saturated heterocycles. The van der Waals surface area contributed by atoms with Gasteiger partial charge in [-0.3, -0.25) is 10.1 Å². The number of amides is 1. The average Bonchev–Trinajstić information content (AvgIpc) is 3.12. The molecule has 6 rings (SSSR count). The molecule has 4 bridgehead atoms. The number of nitrogens with one attached hydrogen (secondary N) is 1. The number of carbonyl (C=O) groups is 1. The van der Waals surface area contributed by atoms with Gasteiger partial charge in [0.1, 0.15) is 0 Å². The third-order valence-electron chi connectivity index (χ3n) is 7.69. The SMILES string of the molecule is CC1NC2(CC2)C(=O)N1C(C)C12CC3CC(CC(C3)C1)C2. The normalized spacial score (nSPS) is 51.0. The summed E-state index contributed by atoms with van der Waals surface area (Å²) in [5, 5.41) is 3.59. The van der Waals surface area contributed by atoms with E-state index in [1.54, 1.807) is 0 Å². The lowest BCUT2D eigenvalue weighted by atomic mass is 9.47. The van der Waals surface area contributed by atoms with Crippen molar-refractivity contribution in [3.63, 3.8) is 0 Å². The zero-order valence-electron chi connectivity index (χ0n) is 13.4. The van der Waals surface area contributed by atoms with Crippen LogP contribution in [0.25, 0.3) is 0 Å². The lowest BCUT2D eigenvalue weighted by Crippen LogP contribution is -2.58. The molecule has 0 aromatic heterocycles. The minimum absolute atomic E-state index is 0.143. The summed E-state index contributed by atoms with van der Waals surface area (Å²) in [6.07, 6.45) is 11.0. The predicted octanol–water partition coefficient (Wildman–Crippen LogP) is 2.90. The van der Waals surface area contributed by atoms with Crippen molar-refractivity contribution in [2.45, 2.75) is 83.0 Å². The van der Waals surface area contributed by atoms with Crippen LogP contribution in [0.1, 0.15) is 65.2 Å². The topological polar surface area (TPSA) is 32.3 Å². The summed E-state index contributed by atoms with van der Waals surface area (Å²) in [6.45, 7) is 4.56. The summed E-state index contributed by atoms with van der Waals surface area (Å²) in [5.41, 5.74) is 0.302. The van der Waals surface area contributed by atoms with E-state index in [1.165, 1.54) is 38.5 Å². The third-order valence-corrected chi connectivity index (χ3v) is 7.69. The fourth-order valence-electron chi connectivity index (χ4n) is 6.93. The highest BCUT2D eigenvalue weighted by atomic mass is 16.2. The lowest BCUT2D eigenvalue weighted by Gasteiger charge is -2.60. The maximum absolute atomic E-state index is 12.9. The van der Waals surface area contributed by atoms with Gasteiger partial charge in [-0.15, -0.1) is 0 Å². The number of nitrogens with zero attached hydrogens (tertiary/aromatic N) is 1. The molecule has 6 fully saturated rings. The number of carbonyl (C=O) groups excluding carboxylic acids is 1. The van der Waals surface area contributed by atoms with E-state index in [9.17, 15) is 4.79 Å². The van der Waals surface area contributed by atoms with E-state index in [-0.39, 0.29) is 11.7 Å². The van der Waals surface area contributed by atoms with Gasteiger partial charge in [0.05, 0.1) is 11.7 Å². The number of rotatable bonds is 2. The van der Waals surface area contributed by atoms with Gasteiger partial charge in [-0.05, 0) is 88.4 Å². The molecule has 1 spiro atoms. The van der Waals surface area contributed by atoms with Crippen LogP contribution in [-0.4, -0.2) is 28.6 Å². The standard InChI is InChI=1S/C18H28N2O/c1-11(20-12(2)19-18(3-4-18)16(20)21)17-8-13-5-14(9-17)7-15(6-13)10-17/h11-15,19H,3-10H2,1-2H3. The first-order valence-electron chi connectivity index (χ1n) is 9.12. The van der Waals surface area contributed by atoms with E-state index in [2.05, 4.69) is 24.1 Å². The molecule has 1 heterocycles. The average molecular weight is 288 g/mol.